The van der Waals surface area contributed by atoms with Crippen molar-refractivity contribution < 1.29 is 19.4 Å². The standard InChI is InChI=1S/C29H28Cl2N2O4/c1-4-32(5-2)20-12-10-18(11-13-20)26-25(27(34)23-17-22(37-6-3)14-15-24(23)31)28(35)29(36)33(26)21-9-7-8-19(30)16-21/h7-17,26,34H,4-6H2,1-3H3/b27-25+. The summed E-state index contributed by atoms with van der Waals surface area (Å²) < 4.78 is 5.56. The van der Waals surface area contributed by atoms with Crippen LogP contribution < -0.4 is 14.5 Å². The number of ether oxygens (including phenoxy) is 1. The molecule has 1 unspecified atom stereocenters. The van der Waals surface area contributed by atoms with Gasteiger partial charge in [0.05, 0.1) is 23.2 Å². The fourth-order valence-electron chi connectivity index (χ4n) is 4.58. The lowest BCUT2D eigenvalue weighted by Gasteiger charge is -2.27. The van der Waals surface area contributed by atoms with E-state index < -0.39 is 17.7 Å². The number of nitrogens with zero attached hydrogens (tertiary/aromatic N) is 2. The highest BCUT2D eigenvalue weighted by Crippen LogP contribution is 2.44. The molecular formula is C29H28Cl2N2O4. The second-order valence-corrected chi connectivity index (χ2v) is 9.33. The molecule has 1 heterocycles. The topological polar surface area (TPSA) is 70.1 Å². The lowest BCUT2D eigenvalue weighted by Crippen LogP contribution is -2.29. The van der Waals surface area contributed by atoms with Gasteiger partial charge < -0.3 is 14.7 Å². The van der Waals surface area contributed by atoms with Crippen LogP contribution in [0.15, 0.2) is 72.3 Å². The third-order valence-corrected chi connectivity index (χ3v) is 6.94. The molecule has 37 heavy (non-hydrogen) atoms. The smallest absolute Gasteiger partial charge is 0.300 e. The Bertz CT molecular complexity index is 1350. The number of aliphatic hydroxyl groups excluding tert-OH is 1. The number of anilines is 2. The summed E-state index contributed by atoms with van der Waals surface area (Å²) in [5.41, 5.74) is 2.27. The fraction of sp³-hybridized carbons (Fsp3) is 0.241. The summed E-state index contributed by atoms with van der Waals surface area (Å²) in [4.78, 5) is 30.4. The molecular weight excluding hydrogens is 511 g/mol. The van der Waals surface area contributed by atoms with Crippen molar-refractivity contribution in [2.45, 2.75) is 26.8 Å². The highest BCUT2D eigenvalue weighted by Gasteiger charge is 2.47. The van der Waals surface area contributed by atoms with Crippen molar-refractivity contribution >= 4 is 52.0 Å². The maximum Gasteiger partial charge on any atom is 0.300 e. The third kappa shape index (κ3) is 5.17. The van der Waals surface area contributed by atoms with Gasteiger partial charge in [-0.05, 0) is 74.9 Å². The van der Waals surface area contributed by atoms with Crippen molar-refractivity contribution in [1.82, 2.24) is 0 Å². The number of ketones is 1. The van der Waals surface area contributed by atoms with Gasteiger partial charge in [0, 0.05) is 35.1 Å². The summed E-state index contributed by atoms with van der Waals surface area (Å²) in [5, 5.41) is 12.1. The number of benzene rings is 3. The Hall–Kier alpha value is -3.48. The highest BCUT2D eigenvalue weighted by molar-refractivity contribution is 6.52. The minimum atomic E-state index is -0.893. The Kier molecular flexibility index (Phi) is 8.10. The van der Waals surface area contributed by atoms with Crippen LogP contribution in [-0.2, 0) is 9.59 Å². The first-order chi connectivity index (χ1) is 17.8. The number of hydrogen-bond donors (Lipinski definition) is 1. The van der Waals surface area contributed by atoms with E-state index >= 15 is 0 Å². The first-order valence-corrected chi connectivity index (χ1v) is 12.9. The Morgan fingerprint density at radius 2 is 1.68 bits per heavy atom. The van der Waals surface area contributed by atoms with Crippen molar-refractivity contribution in [2.75, 3.05) is 29.5 Å². The Balaban J connectivity index is 1.92. The normalized spacial score (nSPS) is 16.8. The van der Waals surface area contributed by atoms with Crippen LogP contribution in [0, 0.1) is 0 Å². The number of Topliss-reactive ketones (excluding diaryl/α,β-unsaturated/α-hetero) is 1. The minimum Gasteiger partial charge on any atom is -0.507 e. The number of hydrogen-bond acceptors (Lipinski definition) is 5. The predicted molar refractivity (Wildman–Crippen MR) is 149 cm³/mol. The monoisotopic (exact) mass is 538 g/mol. The zero-order valence-corrected chi connectivity index (χ0v) is 22.4. The second-order valence-electron chi connectivity index (χ2n) is 8.49. The molecule has 0 spiro atoms. The quantitative estimate of drug-likeness (QED) is 0.192. The molecule has 0 aliphatic carbocycles. The van der Waals surface area contributed by atoms with E-state index in [-0.39, 0.29) is 21.9 Å². The molecule has 6 nitrogen and oxygen atoms in total. The molecule has 3 aromatic rings. The number of rotatable bonds is 8. The molecule has 1 saturated heterocycles. The van der Waals surface area contributed by atoms with Gasteiger partial charge in [-0.3, -0.25) is 14.5 Å². The summed E-state index contributed by atoms with van der Waals surface area (Å²) in [6.07, 6.45) is 0. The van der Waals surface area contributed by atoms with E-state index in [4.69, 9.17) is 27.9 Å². The Morgan fingerprint density at radius 3 is 2.30 bits per heavy atom. The van der Waals surface area contributed by atoms with E-state index in [0.29, 0.717) is 28.6 Å². The summed E-state index contributed by atoms with van der Waals surface area (Å²) in [6, 6.07) is 18.3. The molecule has 1 N–H and O–H groups in total. The number of halogens is 2. The highest BCUT2D eigenvalue weighted by atomic mass is 35.5. The van der Waals surface area contributed by atoms with Crippen molar-refractivity contribution in [3.05, 3.63) is 93.5 Å². The Labute approximate surface area is 226 Å². The van der Waals surface area contributed by atoms with Gasteiger partial charge in [-0.1, -0.05) is 41.4 Å². The first-order valence-electron chi connectivity index (χ1n) is 12.1. The minimum absolute atomic E-state index is 0.0592. The van der Waals surface area contributed by atoms with Gasteiger partial charge in [-0.15, -0.1) is 0 Å². The molecule has 0 saturated carbocycles. The number of carbonyl (C=O) groups is 2. The summed E-state index contributed by atoms with van der Waals surface area (Å²) in [7, 11) is 0. The van der Waals surface area contributed by atoms with Crippen molar-refractivity contribution in [1.29, 1.82) is 0 Å². The van der Waals surface area contributed by atoms with Gasteiger partial charge in [0.15, 0.2) is 0 Å². The maximum absolute atomic E-state index is 13.4. The van der Waals surface area contributed by atoms with Gasteiger partial charge in [-0.25, -0.2) is 0 Å². The molecule has 1 atom stereocenters. The van der Waals surface area contributed by atoms with Crippen LogP contribution in [0.3, 0.4) is 0 Å². The molecule has 4 rings (SSSR count). The van der Waals surface area contributed by atoms with Gasteiger partial charge in [-0.2, -0.15) is 0 Å². The number of carbonyl (C=O) groups excluding carboxylic acids is 2. The zero-order chi connectivity index (χ0) is 26.7. The number of amides is 1. The van der Waals surface area contributed by atoms with Gasteiger partial charge >= 0.3 is 0 Å². The molecule has 3 aromatic carbocycles. The van der Waals surface area contributed by atoms with E-state index in [2.05, 4.69) is 18.7 Å². The Morgan fingerprint density at radius 1 is 0.973 bits per heavy atom. The average molecular weight is 539 g/mol. The molecule has 8 heteroatoms. The van der Waals surface area contributed by atoms with Gasteiger partial charge in [0.1, 0.15) is 11.5 Å². The van der Waals surface area contributed by atoms with Gasteiger partial charge in [0.2, 0.25) is 0 Å². The zero-order valence-electron chi connectivity index (χ0n) is 20.9. The molecule has 1 aliphatic heterocycles. The van der Waals surface area contributed by atoms with Crippen molar-refractivity contribution in [2.24, 2.45) is 0 Å². The molecule has 1 fully saturated rings. The van der Waals surface area contributed by atoms with Crippen LogP contribution in [0.5, 0.6) is 5.75 Å². The summed E-state index contributed by atoms with van der Waals surface area (Å²) in [5.74, 6) is -1.46. The first kappa shape index (κ1) is 26.6. The summed E-state index contributed by atoms with van der Waals surface area (Å²) >= 11 is 12.7. The third-order valence-electron chi connectivity index (χ3n) is 6.37. The van der Waals surface area contributed by atoms with E-state index in [9.17, 15) is 14.7 Å². The molecule has 192 valence electrons. The molecule has 1 aliphatic rings. The van der Waals surface area contributed by atoms with Crippen molar-refractivity contribution in [3.63, 3.8) is 0 Å². The summed E-state index contributed by atoms with van der Waals surface area (Å²) in [6.45, 7) is 8.08. The molecule has 0 radical (unpaired) electrons. The van der Waals surface area contributed by atoms with Gasteiger partial charge in [0.25, 0.3) is 11.7 Å². The lowest BCUT2D eigenvalue weighted by molar-refractivity contribution is -0.132. The van der Waals surface area contributed by atoms with Crippen LogP contribution in [0.25, 0.3) is 5.76 Å². The van der Waals surface area contributed by atoms with E-state index in [0.717, 1.165) is 18.8 Å². The predicted octanol–water partition coefficient (Wildman–Crippen LogP) is 6.86. The van der Waals surface area contributed by atoms with Crippen LogP contribution >= 0.6 is 23.2 Å². The van der Waals surface area contributed by atoms with Crippen LogP contribution in [0.4, 0.5) is 11.4 Å². The lowest BCUT2D eigenvalue weighted by atomic mass is 9.94. The van der Waals surface area contributed by atoms with E-state index in [1.165, 1.54) is 4.90 Å². The second kappa shape index (κ2) is 11.3. The number of aliphatic hydroxyl groups is 1. The maximum atomic E-state index is 13.4. The van der Waals surface area contributed by atoms with Crippen LogP contribution in [0.2, 0.25) is 10.0 Å². The molecule has 1 amide bonds. The molecule has 0 bridgehead atoms. The van der Waals surface area contributed by atoms with E-state index in [1.807, 2.05) is 31.2 Å². The largest absolute Gasteiger partial charge is 0.507 e. The average Bonchev–Trinajstić information content (AvgIpc) is 3.16. The molecule has 0 aromatic heterocycles. The van der Waals surface area contributed by atoms with Crippen LogP contribution in [0.1, 0.15) is 37.9 Å². The van der Waals surface area contributed by atoms with Crippen molar-refractivity contribution in [3.8, 4) is 5.75 Å². The SMILES string of the molecule is CCOc1ccc(Cl)c(/C(O)=C2\C(=O)C(=O)N(c3cccc(Cl)c3)C2c2ccc(N(CC)CC)cc2)c1. The van der Waals surface area contributed by atoms with E-state index in [1.54, 1.807) is 42.5 Å². The fourth-order valence-corrected chi connectivity index (χ4v) is 4.98. The van der Waals surface area contributed by atoms with Crippen LogP contribution in [-0.4, -0.2) is 36.5 Å².